The molecule has 0 aliphatic carbocycles. The number of hydrogen-bond donors (Lipinski definition) is 0. The quantitative estimate of drug-likeness (QED) is 0.395. The van der Waals surface area contributed by atoms with Crippen molar-refractivity contribution in [1.29, 1.82) is 0 Å². The molecule has 1 aliphatic rings. The van der Waals surface area contributed by atoms with Crippen LogP contribution in [0.15, 0.2) is 47.8 Å². The number of benzene rings is 1. The summed E-state index contributed by atoms with van der Waals surface area (Å²) in [6.07, 6.45) is 1.34. The number of amides is 1. The number of carbonyl (C=O) groups excluding carboxylic acids is 1. The van der Waals surface area contributed by atoms with Gasteiger partial charge in [-0.05, 0) is 57.4 Å². The summed E-state index contributed by atoms with van der Waals surface area (Å²) in [6, 6.07) is 9.87. The topological polar surface area (TPSA) is 74.6 Å². The van der Waals surface area contributed by atoms with Crippen molar-refractivity contribution in [2.24, 2.45) is 0 Å². The number of carbonyl (C=O) groups is 1. The van der Waals surface area contributed by atoms with E-state index in [1.807, 2.05) is 37.3 Å². The fraction of sp³-hybridized carbons (Fsp3) is 0.448. The Kier molecular flexibility index (Phi) is 8.11. The van der Waals surface area contributed by atoms with Crippen molar-refractivity contribution in [1.82, 2.24) is 19.4 Å². The average molecular weight is 537 g/mol. The van der Waals surface area contributed by atoms with Crippen LogP contribution in [0.25, 0.3) is 16.7 Å². The molecule has 0 bridgehead atoms. The van der Waals surface area contributed by atoms with Crippen LogP contribution >= 0.6 is 11.6 Å². The normalized spacial score (nSPS) is 16.0. The first-order chi connectivity index (χ1) is 18.1. The van der Waals surface area contributed by atoms with Crippen molar-refractivity contribution in [3.05, 3.63) is 64.1 Å². The molecule has 1 saturated heterocycles. The molecule has 1 aliphatic heterocycles. The van der Waals surface area contributed by atoms with Crippen LogP contribution in [0.5, 0.6) is 0 Å². The molecule has 0 radical (unpaired) electrons. The first kappa shape index (κ1) is 27.6. The number of hydrogen-bond acceptors (Lipinski definition) is 6. The lowest BCUT2D eigenvalue weighted by Gasteiger charge is -2.40. The van der Waals surface area contributed by atoms with E-state index >= 15 is 0 Å². The molecule has 0 N–H and O–H groups in total. The maximum absolute atomic E-state index is 13.8. The SMILES string of the molecule is C=CC(=O)N1CCN(c2nc(=O)n(-c3ccccc3C(C)C)c3nc(N(CC)C(C)C)c(Cl)cc23)[C@@H](C)C1. The van der Waals surface area contributed by atoms with Gasteiger partial charge in [0.1, 0.15) is 11.6 Å². The molecule has 38 heavy (non-hydrogen) atoms. The van der Waals surface area contributed by atoms with E-state index in [0.29, 0.717) is 47.3 Å². The Morgan fingerprint density at radius 3 is 2.53 bits per heavy atom. The Morgan fingerprint density at radius 1 is 1.21 bits per heavy atom. The molecule has 3 heterocycles. The minimum Gasteiger partial charge on any atom is -0.353 e. The molecule has 0 spiro atoms. The molecule has 1 fully saturated rings. The van der Waals surface area contributed by atoms with Gasteiger partial charge in [-0.1, -0.05) is 50.2 Å². The Labute approximate surface area is 229 Å². The number of halogens is 1. The monoisotopic (exact) mass is 536 g/mol. The maximum atomic E-state index is 13.8. The molecular formula is C29H37ClN6O2. The van der Waals surface area contributed by atoms with E-state index in [4.69, 9.17) is 16.6 Å². The van der Waals surface area contributed by atoms with Crippen LogP contribution in [0.4, 0.5) is 11.6 Å². The van der Waals surface area contributed by atoms with Gasteiger partial charge in [-0.25, -0.2) is 14.3 Å². The summed E-state index contributed by atoms with van der Waals surface area (Å²) in [5.41, 5.74) is 1.92. The molecule has 202 valence electrons. The fourth-order valence-electron chi connectivity index (χ4n) is 5.27. The third-order valence-corrected chi connectivity index (χ3v) is 7.48. The Balaban J connectivity index is 2.00. The number of pyridine rings is 1. The highest BCUT2D eigenvalue weighted by atomic mass is 35.5. The second-order valence-electron chi connectivity index (χ2n) is 10.3. The third kappa shape index (κ3) is 5.01. The van der Waals surface area contributed by atoms with Gasteiger partial charge in [0.05, 0.1) is 16.1 Å². The van der Waals surface area contributed by atoms with E-state index in [1.54, 1.807) is 9.47 Å². The van der Waals surface area contributed by atoms with Crippen molar-refractivity contribution in [3.8, 4) is 5.69 Å². The standard InChI is InChI=1S/C29H37ClN6O2/c1-8-25(37)33-14-15-35(20(7)17-33)26-22-16-23(30)28(34(9-2)19(5)6)31-27(22)36(29(38)32-26)24-13-11-10-12-21(24)18(3)4/h8,10-13,16,18-20H,1,9,14-15,17H2,2-7H3/t20-/m0/s1. The largest absolute Gasteiger partial charge is 0.355 e. The molecule has 1 atom stereocenters. The van der Waals surface area contributed by atoms with E-state index in [0.717, 1.165) is 17.8 Å². The van der Waals surface area contributed by atoms with Crippen LogP contribution in [0.3, 0.4) is 0 Å². The summed E-state index contributed by atoms with van der Waals surface area (Å²) in [5.74, 6) is 1.27. The summed E-state index contributed by atoms with van der Waals surface area (Å²) in [6.45, 7) is 18.4. The molecule has 1 aromatic carbocycles. The lowest BCUT2D eigenvalue weighted by atomic mass is 10.0. The van der Waals surface area contributed by atoms with Gasteiger partial charge < -0.3 is 14.7 Å². The fourth-order valence-corrected chi connectivity index (χ4v) is 5.53. The van der Waals surface area contributed by atoms with Crippen molar-refractivity contribution in [2.75, 3.05) is 36.0 Å². The maximum Gasteiger partial charge on any atom is 0.355 e. The zero-order valence-corrected chi connectivity index (χ0v) is 23.9. The summed E-state index contributed by atoms with van der Waals surface area (Å²) in [5, 5.41) is 1.21. The van der Waals surface area contributed by atoms with Crippen LogP contribution in [0.2, 0.25) is 5.02 Å². The molecule has 2 aromatic heterocycles. The van der Waals surface area contributed by atoms with E-state index in [2.05, 4.69) is 56.0 Å². The molecule has 0 saturated carbocycles. The lowest BCUT2D eigenvalue weighted by Crippen LogP contribution is -2.54. The highest BCUT2D eigenvalue weighted by molar-refractivity contribution is 6.33. The van der Waals surface area contributed by atoms with E-state index < -0.39 is 5.69 Å². The van der Waals surface area contributed by atoms with Crippen LogP contribution in [-0.4, -0.2) is 63.6 Å². The minimum absolute atomic E-state index is 0.0668. The summed E-state index contributed by atoms with van der Waals surface area (Å²) in [7, 11) is 0. The van der Waals surface area contributed by atoms with Crippen molar-refractivity contribution >= 4 is 40.2 Å². The smallest absolute Gasteiger partial charge is 0.353 e. The van der Waals surface area contributed by atoms with E-state index in [1.165, 1.54) is 6.08 Å². The van der Waals surface area contributed by atoms with Crippen LogP contribution in [0, 0.1) is 0 Å². The molecule has 8 nitrogen and oxygen atoms in total. The summed E-state index contributed by atoms with van der Waals surface area (Å²) in [4.78, 5) is 41.7. The van der Waals surface area contributed by atoms with Crippen LogP contribution in [-0.2, 0) is 4.79 Å². The minimum atomic E-state index is -0.397. The second-order valence-corrected chi connectivity index (χ2v) is 10.7. The average Bonchev–Trinajstić information content (AvgIpc) is 2.88. The third-order valence-electron chi connectivity index (χ3n) is 7.20. The van der Waals surface area contributed by atoms with Crippen LogP contribution < -0.4 is 15.5 Å². The predicted molar refractivity (Wildman–Crippen MR) is 156 cm³/mol. The second kappa shape index (κ2) is 11.2. The Bertz CT molecular complexity index is 1420. The van der Waals surface area contributed by atoms with Gasteiger partial charge in [0.15, 0.2) is 5.65 Å². The summed E-state index contributed by atoms with van der Waals surface area (Å²) >= 11 is 6.87. The predicted octanol–water partition coefficient (Wildman–Crippen LogP) is 5.02. The first-order valence-corrected chi connectivity index (χ1v) is 13.6. The zero-order chi connectivity index (χ0) is 27.7. The van der Waals surface area contributed by atoms with Crippen LogP contribution in [0.1, 0.15) is 53.0 Å². The molecule has 3 aromatic rings. The van der Waals surface area contributed by atoms with Gasteiger partial charge >= 0.3 is 5.69 Å². The number of anilines is 2. The lowest BCUT2D eigenvalue weighted by molar-refractivity contribution is -0.126. The van der Waals surface area contributed by atoms with Crippen molar-refractivity contribution in [3.63, 3.8) is 0 Å². The zero-order valence-electron chi connectivity index (χ0n) is 23.1. The van der Waals surface area contributed by atoms with Gasteiger partial charge in [0.25, 0.3) is 0 Å². The van der Waals surface area contributed by atoms with Crippen molar-refractivity contribution in [2.45, 2.75) is 59.5 Å². The highest BCUT2D eigenvalue weighted by Gasteiger charge is 2.30. The Hall–Kier alpha value is -3.39. The van der Waals surface area contributed by atoms with E-state index in [-0.39, 0.29) is 23.9 Å². The number of aromatic nitrogens is 3. The van der Waals surface area contributed by atoms with E-state index in [9.17, 15) is 9.59 Å². The number of para-hydroxylation sites is 1. The Morgan fingerprint density at radius 2 is 1.92 bits per heavy atom. The van der Waals surface area contributed by atoms with Gasteiger partial charge in [0.2, 0.25) is 5.91 Å². The van der Waals surface area contributed by atoms with Gasteiger partial charge in [-0.15, -0.1) is 0 Å². The number of fused-ring (bicyclic) bond motifs is 1. The molecule has 4 rings (SSSR count). The molecule has 0 unspecified atom stereocenters. The molecular weight excluding hydrogens is 500 g/mol. The number of nitrogens with zero attached hydrogens (tertiary/aromatic N) is 6. The van der Waals surface area contributed by atoms with Gasteiger partial charge in [-0.3, -0.25) is 4.79 Å². The van der Waals surface area contributed by atoms with Gasteiger partial charge in [-0.2, -0.15) is 4.98 Å². The summed E-state index contributed by atoms with van der Waals surface area (Å²) < 4.78 is 1.62. The highest BCUT2D eigenvalue weighted by Crippen LogP contribution is 2.35. The number of rotatable bonds is 7. The number of piperazine rings is 1. The van der Waals surface area contributed by atoms with Crippen molar-refractivity contribution < 1.29 is 4.79 Å². The molecule has 1 amide bonds. The molecule has 9 heteroatoms. The first-order valence-electron chi connectivity index (χ1n) is 13.3. The van der Waals surface area contributed by atoms with Gasteiger partial charge in [0, 0.05) is 38.3 Å².